The molecule has 0 radical (unpaired) electrons. The third kappa shape index (κ3) is 1.91. The van der Waals surface area contributed by atoms with Gasteiger partial charge in [-0.3, -0.25) is 0 Å². The normalized spacial score (nSPS) is 18.4. The summed E-state index contributed by atoms with van der Waals surface area (Å²) in [5.41, 5.74) is 8.67. The van der Waals surface area contributed by atoms with E-state index in [1.54, 1.807) is 0 Å². The van der Waals surface area contributed by atoms with Gasteiger partial charge in [-0.05, 0) is 52.9 Å². The SMILES string of the molecule is CN(C)c1ccc(C2(N)CCC2)cc1Br. The molecule has 0 amide bonds. The number of anilines is 1. The van der Waals surface area contributed by atoms with Gasteiger partial charge in [-0.15, -0.1) is 0 Å². The van der Waals surface area contributed by atoms with E-state index >= 15 is 0 Å². The highest BCUT2D eigenvalue weighted by atomic mass is 79.9. The van der Waals surface area contributed by atoms with E-state index in [0.29, 0.717) is 0 Å². The van der Waals surface area contributed by atoms with Crippen LogP contribution in [0.25, 0.3) is 0 Å². The van der Waals surface area contributed by atoms with E-state index in [9.17, 15) is 0 Å². The second-order valence-corrected chi connectivity index (χ2v) is 5.42. The van der Waals surface area contributed by atoms with Crippen molar-refractivity contribution in [2.24, 2.45) is 5.73 Å². The van der Waals surface area contributed by atoms with Crippen molar-refractivity contribution in [3.63, 3.8) is 0 Å². The first-order valence-electron chi connectivity index (χ1n) is 5.29. The van der Waals surface area contributed by atoms with E-state index in [1.165, 1.54) is 17.7 Å². The summed E-state index contributed by atoms with van der Waals surface area (Å²) in [6.07, 6.45) is 3.48. The van der Waals surface area contributed by atoms with Crippen molar-refractivity contribution >= 4 is 21.6 Å². The molecular weight excluding hydrogens is 252 g/mol. The lowest BCUT2D eigenvalue weighted by molar-refractivity contribution is 0.253. The van der Waals surface area contributed by atoms with Gasteiger partial charge in [0.15, 0.2) is 0 Å². The third-order valence-electron chi connectivity index (χ3n) is 3.25. The summed E-state index contributed by atoms with van der Waals surface area (Å²) in [6.45, 7) is 0. The second kappa shape index (κ2) is 3.80. The van der Waals surface area contributed by atoms with Crippen molar-refractivity contribution in [3.8, 4) is 0 Å². The molecule has 0 atom stereocenters. The molecule has 0 heterocycles. The summed E-state index contributed by atoms with van der Waals surface area (Å²) in [5.74, 6) is 0. The molecule has 0 unspecified atom stereocenters. The molecule has 0 bridgehead atoms. The average Bonchev–Trinajstić information content (AvgIpc) is 2.13. The fourth-order valence-corrected chi connectivity index (χ4v) is 2.76. The molecule has 0 aromatic heterocycles. The van der Waals surface area contributed by atoms with Crippen LogP contribution in [-0.4, -0.2) is 14.1 Å². The largest absolute Gasteiger partial charge is 0.377 e. The quantitative estimate of drug-likeness (QED) is 0.894. The Labute approximate surface area is 99.6 Å². The number of hydrogen-bond acceptors (Lipinski definition) is 2. The number of rotatable bonds is 2. The maximum absolute atomic E-state index is 6.28. The molecule has 0 spiro atoms. The summed E-state index contributed by atoms with van der Waals surface area (Å²) in [7, 11) is 4.09. The molecular formula is C12H17BrN2. The highest BCUT2D eigenvalue weighted by molar-refractivity contribution is 9.10. The fourth-order valence-electron chi connectivity index (χ4n) is 2.03. The van der Waals surface area contributed by atoms with E-state index in [0.717, 1.165) is 17.3 Å². The van der Waals surface area contributed by atoms with Crippen LogP contribution in [0.5, 0.6) is 0 Å². The molecule has 1 aromatic rings. The first-order chi connectivity index (χ1) is 7.03. The molecule has 2 N–H and O–H groups in total. The highest BCUT2D eigenvalue weighted by Gasteiger charge is 2.34. The maximum atomic E-state index is 6.28. The minimum absolute atomic E-state index is 0.0621. The Morgan fingerprint density at radius 3 is 2.40 bits per heavy atom. The number of nitrogens with two attached hydrogens (primary N) is 1. The van der Waals surface area contributed by atoms with Gasteiger partial charge in [0.05, 0.1) is 5.69 Å². The zero-order valence-electron chi connectivity index (χ0n) is 9.26. The van der Waals surface area contributed by atoms with E-state index in [4.69, 9.17) is 5.73 Å². The van der Waals surface area contributed by atoms with E-state index in [-0.39, 0.29) is 5.54 Å². The Bertz CT molecular complexity index is 370. The van der Waals surface area contributed by atoms with Gasteiger partial charge >= 0.3 is 0 Å². The fraction of sp³-hybridized carbons (Fsp3) is 0.500. The average molecular weight is 269 g/mol. The van der Waals surface area contributed by atoms with Gasteiger partial charge in [-0.25, -0.2) is 0 Å². The molecule has 1 saturated carbocycles. The summed E-state index contributed by atoms with van der Waals surface area (Å²) in [4.78, 5) is 2.10. The van der Waals surface area contributed by atoms with Gasteiger partial charge in [-0.2, -0.15) is 0 Å². The van der Waals surface area contributed by atoms with Crippen molar-refractivity contribution in [2.45, 2.75) is 24.8 Å². The molecule has 82 valence electrons. The van der Waals surface area contributed by atoms with Gasteiger partial charge in [0.1, 0.15) is 0 Å². The molecule has 1 fully saturated rings. The van der Waals surface area contributed by atoms with Crippen LogP contribution >= 0.6 is 15.9 Å². The molecule has 1 aliphatic rings. The first kappa shape index (κ1) is 11.0. The number of halogens is 1. The Hall–Kier alpha value is -0.540. The van der Waals surface area contributed by atoms with Crippen molar-refractivity contribution in [1.82, 2.24) is 0 Å². The van der Waals surface area contributed by atoms with Crippen LogP contribution in [0.2, 0.25) is 0 Å². The summed E-state index contributed by atoms with van der Waals surface area (Å²) in [5, 5.41) is 0. The van der Waals surface area contributed by atoms with Crippen molar-refractivity contribution < 1.29 is 0 Å². The number of nitrogens with zero attached hydrogens (tertiary/aromatic N) is 1. The molecule has 2 rings (SSSR count). The molecule has 1 aromatic carbocycles. The Morgan fingerprint density at radius 2 is 2.00 bits per heavy atom. The third-order valence-corrected chi connectivity index (χ3v) is 3.89. The topological polar surface area (TPSA) is 29.3 Å². The maximum Gasteiger partial charge on any atom is 0.0505 e. The summed E-state index contributed by atoms with van der Waals surface area (Å²) in [6, 6.07) is 6.44. The first-order valence-corrected chi connectivity index (χ1v) is 6.08. The molecule has 0 saturated heterocycles. The lowest BCUT2D eigenvalue weighted by atomic mass is 9.73. The molecule has 1 aliphatic carbocycles. The summed E-state index contributed by atoms with van der Waals surface area (Å²) >= 11 is 3.60. The standard InChI is InChI=1S/C12H17BrN2/c1-15(2)11-5-4-9(8-10(11)13)12(14)6-3-7-12/h4-5,8H,3,6-7,14H2,1-2H3. The van der Waals surface area contributed by atoms with Crippen LogP contribution in [-0.2, 0) is 5.54 Å². The predicted molar refractivity (Wildman–Crippen MR) is 68.2 cm³/mol. The van der Waals surface area contributed by atoms with Crippen LogP contribution in [0.15, 0.2) is 22.7 Å². The lowest BCUT2D eigenvalue weighted by Crippen LogP contribution is -2.43. The van der Waals surface area contributed by atoms with Gasteiger partial charge < -0.3 is 10.6 Å². The monoisotopic (exact) mass is 268 g/mol. The van der Waals surface area contributed by atoms with Crippen LogP contribution in [0.3, 0.4) is 0 Å². The Balaban J connectivity index is 2.33. The van der Waals surface area contributed by atoms with E-state index < -0.39 is 0 Å². The summed E-state index contributed by atoms with van der Waals surface area (Å²) < 4.78 is 1.13. The lowest BCUT2D eigenvalue weighted by Gasteiger charge is -2.39. The molecule has 2 nitrogen and oxygen atoms in total. The molecule has 15 heavy (non-hydrogen) atoms. The minimum atomic E-state index is -0.0621. The van der Waals surface area contributed by atoms with Gasteiger partial charge in [0, 0.05) is 24.1 Å². The van der Waals surface area contributed by atoms with Crippen molar-refractivity contribution in [2.75, 3.05) is 19.0 Å². The van der Waals surface area contributed by atoms with Crippen LogP contribution < -0.4 is 10.6 Å². The zero-order chi connectivity index (χ0) is 11.1. The smallest absolute Gasteiger partial charge is 0.0505 e. The van der Waals surface area contributed by atoms with Crippen LogP contribution in [0.1, 0.15) is 24.8 Å². The van der Waals surface area contributed by atoms with Crippen molar-refractivity contribution in [1.29, 1.82) is 0 Å². The molecule has 0 aliphatic heterocycles. The molecule has 3 heteroatoms. The second-order valence-electron chi connectivity index (χ2n) is 4.57. The predicted octanol–water partition coefficient (Wildman–Crippen LogP) is 2.85. The van der Waals surface area contributed by atoms with E-state index in [2.05, 4.69) is 39.0 Å². The number of benzene rings is 1. The van der Waals surface area contributed by atoms with E-state index in [1.807, 2.05) is 14.1 Å². The van der Waals surface area contributed by atoms with Gasteiger partial charge in [0.25, 0.3) is 0 Å². The highest BCUT2D eigenvalue weighted by Crippen LogP contribution is 2.40. The Kier molecular flexibility index (Phi) is 2.77. The number of hydrogen-bond donors (Lipinski definition) is 1. The minimum Gasteiger partial charge on any atom is -0.377 e. The Morgan fingerprint density at radius 1 is 1.33 bits per heavy atom. The van der Waals surface area contributed by atoms with Crippen molar-refractivity contribution in [3.05, 3.63) is 28.2 Å². The van der Waals surface area contributed by atoms with Gasteiger partial charge in [-0.1, -0.05) is 6.07 Å². The van der Waals surface area contributed by atoms with Crippen LogP contribution in [0, 0.1) is 0 Å². The zero-order valence-corrected chi connectivity index (χ0v) is 10.8. The van der Waals surface area contributed by atoms with Crippen LogP contribution in [0.4, 0.5) is 5.69 Å². The van der Waals surface area contributed by atoms with Gasteiger partial charge in [0.2, 0.25) is 0 Å².